The van der Waals surface area contributed by atoms with Crippen LogP contribution in [0.4, 0.5) is 17.7 Å². The molecule has 2 saturated heterocycles. The monoisotopic (exact) mass is 588 g/mol. The number of likely N-dealkylation sites (N-methyl/N-ethyl adjacent to an activating group) is 2. The van der Waals surface area contributed by atoms with Crippen LogP contribution in [0.25, 0.3) is 37.9 Å². The molecule has 2 aliphatic heterocycles. The van der Waals surface area contributed by atoms with Gasteiger partial charge in [-0.15, -0.1) is 5.10 Å². The minimum absolute atomic E-state index is 0.263. The van der Waals surface area contributed by atoms with Crippen LogP contribution in [0.3, 0.4) is 0 Å². The second-order valence-corrected chi connectivity index (χ2v) is 10.6. The van der Waals surface area contributed by atoms with E-state index in [-0.39, 0.29) is 5.82 Å². The highest BCUT2D eigenvalue weighted by Crippen LogP contribution is 2.27. The SMILES string of the molecule is CN1CCN(c2nc(N=[N+]=[N-])c3cc(C#N)ccc3n2)CC1.CN1CCN(c2nc3ccc(C#N)cc3c3nnnn23)CC1. The van der Waals surface area contributed by atoms with Crippen molar-refractivity contribution in [3.8, 4) is 12.1 Å². The molecular weight excluding hydrogens is 560 g/mol. The lowest BCUT2D eigenvalue weighted by Crippen LogP contribution is -2.45. The van der Waals surface area contributed by atoms with Crippen molar-refractivity contribution in [2.45, 2.75) is 0 Å². The number of piperazine rings is 2. The lowest BCUT2D eigenvalue weighted by atomic mass is 10.1. The quantitative estimate of drug-likeness (QED) is 0.170. The van der Waals surface area contributed by atoms with Crippen LogP contribution in [0.2, 0.25) is 0 Å². The van der Waals surface area contributed by atoms with Gasteiger partial charge >= 0.3 is 0 Å². The van der Waals surface area contributed by atoms with Crippen LogP contribution in [-0.4, -0.2) is 111 Å². The maximum absolute atomic E-state index is 9.06. The fourth-order valence-electron chi connectivity index (χ4n) is 5.17. The molecule has 2 aromatic carbocycles. The van der Waals surface area contributed by atoms with E-state index in [1.807, 2.05) is 6.07 Å². The average molecular weight is 589 g/mol. The fourth-order valence-corrected chi connectivity index (χ4v) is 5.17. The Morgan fingerprint density at radius 2 is 1.36 bits per heavy atom. The van der Waals surface area contributed by atoms with Gasteiger partial charge in [0.25, 0.3) is 0 Å². The van der Waals surface area contributed by atoms with Crippen LogP contribution >= 0.6 is 0 Å². The summed E-state index contributed by atoms with van der Waals surface area (Å²) in [6.45, 7) is 7.27. The van der Waals surface area contributed by atoms with Gasteiger partial charge in [0, 0.05) is 68.0 Å². The van der Waals surface area contributed by atoms with Gasteiger partial charge in [-0.05, 0) is 71.6 Å². The van der Waals surface area contributed by atoms with Gasteiger partial charge in [-0.1, -0.05) is 0 Å². The first-order valence-corrected chi connectivity index (χ1v) is 14.0. The Kier molecular flexibility index (Phi) is 7.94. The summed E-state index contributed by atoms with van der Waals surface area (Å²) in [6, 6.07) is 14.7. The van der Waals surface area contributed by atoms with Gasteiger partial charge < -0.3 is 19.6 Å². The molecule has 0 aliphatic carbocycles. The molecule has 0 radical (unpaired) electrons. The minimum Gasteiger partial charge on any atom is -0.338 e. The third kappa shape index (κ3) is 5.68. The molecule has 3 aromatic heterocycles. The highest BCUT2D eigenvalue weighted by molar-refractivity contribution is 5.93. The standard InChI is InChI=1S/2C14H14N8/c1-20-4-6-21(7-5-20)14-16-12-3-2-10(9-15)8-11(12)13-17-18-19-22(13)14;1-21-4-6-22(7-5-21)14-17-12-3-2-10(9-15)8-11(12)13(18-14)19-20-16/h2*2-3,8H,4-7H2,1H3. The van der Waals surface area contributed by atoms with Crippen molar-refractivity contribution < 1.29 is 0 Å². The van der Waals surface area contributed by atoms with Crippen LogP contribution in [0.15, 0.2) is 41.5 Å². The van der Waals surface area contributed by atoms with E-state index in [4.69, 9.17) is 21.0 Å². The van der Waals surface area contributed by atoms with Crippen LogP contribution in [0.1, 0.15) is 11.1 Å². The topological polar surface area (TPSA) is 191 Å². The molecule has 0 bridgehead atoms. The number of benzene rings is 2. The average Bonchev–Trinajstić information content (AvgIpc) is 3.56. The maximum atomic E-state index is 9.06. The first kappa shape index (κ1) is 28.4. The van der Waals surface area contributed by atoms with E-state index in [9.17, 15) is 0 Å². The molecule has 5 heterocycles. The number of nitriles is 2. The molecule has 2 fully saturated rings. The number of tetrazole rings is 1. The van der Waals surface area contributed by atoms with Crippen LogP contribution < -0.4 is 9.80 Å². The lowest BCUT2D eigenvalue weighted by Gasteiger charge is -2.32. The maximum Gasteiger partial charge on any atom is 0.230 e. The van der Waals surface area contributed by atoms with Crippen LogP contribution in [-0.2, 0) is 0 Å². The van der Waals surface area contributed by atoms with E-state index < -0.39 is 0 Å². The van der Waals surface area contributed by atoms with Gasteiger partial charge in [0.15, 0.2) is 5.65 Å². The third-order valence-corrected chi connectivity index (χ3v) is 7.75. The summed E-state index contributed by atoms with van der Waals surface area (Å²) in [4.78, 5) is 25.3. The summed E-state index contributed by atoms with van der Waals surface area (Å²) in [6.07, 6.45) is 0. The van der Waals surface area contributed by atoms with Crippen molar-refractivity contribution in [3.63, 3.8) is 0 Å². The zero-order valence-electron chi connectivity index (χ0n) is 24.3. The van der Waals surface area contributed by atoms with E-state index in [1.165, 1.54) is 0 Å². The van der Waals surface area contributed by atoms with E-state index >= 15 is 0 Å². The Labute approximate surface area is 252 Å². The number of azide groups is 1. The summed E-state index contributed by atoms with van der Waals surface area (Å²) in [5, 5.41) is 35.1. The highest BCUT2D eigenvalue weighted by atomic mass is 15.6. The first-order valence-electron chi connectivity index (χ1n) is 14.0. The molecule has 220 valence electrons. The smallest absolute Gasteiger partial charge is 0.230 e. The Morgan fingerprint density at radius 1 is 0.773 bits per heavy atom. The Bertz CT molecular complexity index is 1970. The highest BCUT2D eigenvalue weighted by Gasteiger charge is 2.21. The molecule has 0 N–H and O–H groups in total. The number of aromatic nitrogens is 7. The molecule has 7 rings (SSSR count). The molecule has 0 atom stereocenters. The van der Waals surface area contributed by atoms with E-state index in [0.717, 1.165) is 69.2 Å². The molecule has 0 saturated carbocycles. The first-order chi connectivity index (χ1) is 21.5. The van der Waals surface area contributed by atoms with E-state index in [2.05, 4.69) is 81.4 Å². The van der Waals surface area contributed by atoms with Crippen molar-refractivity contribution in [3.05, 3.63) is 58.0 Å². The fraction of sp³-hybridized carbons (Fsp3) is 0.357. The van der Waals surface area contributed by atoms with Gasteiger partial charge in [-0.25, -0.2) is 15.0 Å². The Morgan fingerprint density at radius 3 is 1.98 bits per heavy atom. The number of nitrogens with zero attached hydrogens (tertiary/aromatic N) is 16. The zero-order valence-corrected chi connectivity index (χ0v) is 24.3. The van der Waals surface area contributed by atoms with Gasteiger partial charge in [-0.2, -0.15) is 15.0 Å². The van der Waals surface area contributed by atoms with Crippen molar-refractivity contribution in [1.82, 2.24) is 44.8 Å². The second kappa shape index (κ2) is 12.3. The largest absolute Gasteiger partial charge is 0.338 e. The van der Waals surface area contributed by atoms with E-state index in [1.54, 1.807) is 34.8 Å². The number of fused-ring (bicyclic) bond motifs is 4. The van der Waals surface area contributed by atoms with Gasteiger partial charge in [0.05, 0.1) is 34.3 Å². The van der Waals surface area contributed by atoms with Gasteiger partial charge in [0.1, 0.15) is 5.82 Å². The summed E-state index contributed by atoms with van der Waals surface area (Å²) in [7, 11) is 4.19. The van der Waals surface area contributed by atoms with Crippen molar-refractivity contribution in [2.75, 3.05) is 76.3 Å². The van der Waals surface area contributed by atoms with Crippen molar-refractivity contribution in [1.29, 1.82) is 10.5 Å². The second-order valence-electron chi connectivity index (χ2n) is 10.6. The summed E-state index contributed by atoms with van der Waals surface area (Å²) >= 11 is 0. The molecule has 2 aliphatic rings. The predicted molar refractivity (Wildman–Crippen MR) is 163 cm³/mol. The zero-order chi connectivity index (χ0) is 30.6. The van der Waals surface area contributed by atoms with E-state index in [0.29, 0.717) is 33.6 Å². The number of hydrogen-bond donors (Lipinski definition) is 0. The van der Waals surface area contributed by atoms with Gasteiger partial charge in [-0.3, -0.25) is 0 Å². The van der Waals surface area contributed by atoms with Gasteiger partial charge in [0.2, 0.25) is 11.9 Å². The van der Waals surface area contributed by atoms with Crippen LogP contribution in [0.5, 0.6) is 0 Å². The Hall–Kier alpha value is -5.67. The third-order valence-electron chi connectivity index (χ3n) is 7.75. The molecule has 0 unspecified atom stereocenters. The van der Waals surface area contributed by atoms with Crippen LogP contribution in [0, 0.1) is 22.7 Å². The molecule has 44 heavy (non-hydrogen) atoms. The molecule has 16 nitrogen and oxygen atoms in total. The summed E-state index contributed by atoms with van der Waals surface area (Å²) < 4.78 is 1.66. The summed E-state index contributed by atoms with van der Waals surface area (Å²) in [5.74, 6) is 1.58. The lowest BCUT2D eigenvalue weighted by molar-refractivity contribution is 0.310. The van der Waals surface area contributed by atoms with Crippen molar-refractivity contribution >= 4 is 45.2 Å². The molecular formula is C28H28N16. The summed E-state index contributed by atoms with van der Waals surface area (Å²) in [5.41, 5.74) is 11.9. The number of anilines is 2. The molecule has 0 spiro atoms. The number of hydrogen-bond acceptors (Lipinski definition) is 13. The predicted octanol–water partition coefficient (Wildman–Crippen LogP) is 2.49. The molecule has 16 heteroatoms. The normalized spacial score (nSPS) is 15.8. The molecule has 0 amide bonds. The molecule has 5 aromatic rings. The number of rotatable bonds is 3. The Balaban J connectivity index is 0.000000156. The van der Waals surface area contributed by atoms with Crippen molar-refractivity contribution in [2.24, 2.45) is 5.11 Å². The minimum atomic E-state index is 0.263.